The maximum absolute atomic E-state index is 12.9. The molecular weight excluding hydrogens is 434 g/mol. The largest absolute Gasteiger partial charge is 0.481 e. The molecule has 0 spiro atoms. The van der Waals surface area contributed by atoms with Crippen LogP contribution in [0.15, 0.2) is 57.7 Å². The van der Waals surface area contributed by atoms with E-state index in [-0.39, 0.29) is 22.7 Å². The zero-order valence-electron chi connectivity index (χ0n) is 17.7. The van der Waals surface area contributed by atoms with Crippen molar-refractivity contribution in [2.75, 3.05) is 11.5 Å². The molecular formula is C23H23NO7S. The van der Waals surface area contributed by atoms with Gasteiger partial charge in [0, 0.05) is 12.1 Å². The van der Waals surface area contributed by atoms with Crippen LogP contribution in [-0.4, -0.2) is 38.0 Å². The van der Waals surface area contributed by atoms with Gasteiger partial charge in [0.2, 0.25) is 11.2 Å². The molecule has 2 heterocycles. The molecule has 1 aromatic heterocycles. The summed E-state index contributed by atoms with van der Waals surface area (Å²) in [5.41, 5.74) is -0.00714. The normalized spacial score (nSPS) is 18.2. The predicted molar refractivity (Wildman–Crippen MR) is 119 cm³/mol. The quantitative estimate of drug-likeness (QED) is 0.606. The number of amides is 1. The lowest BCUT2D eigenvalue weighted by molar-refractivity contribution is -0.127. The van der Waals surface area contributed by atoms with E-state index in [1.165, 1.54) is 0 Å². The Labute approximate surface area is 185 Å². The van der Waals surface area contributed by atoms with Gasteiger partial charge in [-0.15, -0.1) is 0 Å². The molecule has 9 heteroatoms. The van der Waals surface area contributed by atoms with Gasteiger partial charge in [-0.1, -0.05) is 18.2 Å². The van der Waals surface area contributed by atoms with E-state index in [2.05, 4.69) is 5.32 Å². The smallest absolute Gasteiger partial charge is 0.261 e. The SMILES string of the molecule is Cc1oc2cc(O[C@@H](C)C(=O)N[C@H]3CCS(=O)(=O)C3)ccc2c(=O)c1Oc1ccccc1. The Hall–Kier alpha value is -3.33. The molecule has 1 aliphatic heterocycles. The molecule has 1 fully saturated rings. The second-order valence-corrected chi connectivity index (χ2v) is 9.99. The Kier molecular flexibility index (Phi) is 5.92. The van der Waals surface area contributed by atoms with Gasteiger partial charge in [0.1, 0.15) is 22.8 Å². The van der Waals surface area contributed by atoms with E-state index in [1.807, 2.05) is 6.07 Å². The van der Waals surface area contributed by atoms with Crippen LogP contribution >= 0.6 is 0 Å². The van der Waals surface area contributed by atoms with Crippen molar-refractivity contribution in [3.8, 4) is 17.2 Å². The van der Waals surface area contributed by atoms with Crippen molar-refractivity contribution in [2.45, 2.75) is 32.4 Å². The van der Waals surface area contributed by atoms with Gasteiger partial charge in [-0.05, 0) is 44.5 Å². The third-order valence-electron chi connectivity index (χ3n) is 5.21. The lowest BCUT2D eigenvalue weighted by Gasteiger charge is -2.17. The Morgan fingerprint density at radius 3 is 2.59 bits per heavy atom. The van der Waals surface area contributed by atoms with Crippen molar-refractivity contribution in [1.29, 1.82) is 0 Å². The van der Waals surface area contributed by atoms with Crippen LogP contribution in [-0.2, 0) is 14.6 Å². The van der Waals surface area contributed by atoms with Crippen molar-refractivity contribution in [3.63, 3.8) is 0 Å². The summed E-state index contributed by atoms with van der Waals surface area (Å²) in [5, 5.41) is 3.03. The van der Waals surface area contributed by atoms with Gasteiger partial charge in [0.05, 0.1) is 16.9 Å². The first-order chi connectivity index (χ1) is 15.2. The van der Waals surface area contributed by atoms with Gasteiger partial charge in [0.25, 0.3) is 5.91 Å². The van der Waals surface area contributed by atoms with Crippen LogP contribution < -0.4 is 20.2 Å². The summed E-state index contributed by atoms with van der Waals surface area (Å²) < 4.78 is 40.3. The number of benzene rings is 2. The highest BCUT2D eigenvalue weighted by atomic mass is 32.2. The molecule has 1 aliphatic rings. The highest BCUT2D eigenvalue weighted by Crippen LogP contribution is 2.27. The number of aryl methyl sites for hydroxylation is 1. The maximum Gasteiger partial charge on any atom is 0.261 e. The van der Waals surface area contributed by atoms with E-state index >= 15 is 0 Å². The molecule has 0 unspecified atom stereocenters. The summed E-state index contributed by atoms with van der Waals surface area (Å²) in [7, 11) is -3.09. The molecule has 1 N–H and O–H groups in total. The molecule has 1 saturated heterocycles. The number of para-hydroxylation sites is 1. The van der Waals surface area contributed by atoms with Crippen molar-refractivity contribution >= 4 is 26.7 Å². The molecule has 2 aromatic carbocycles. The average molecular weight is 458 g/mol. The topological polar surface area (TPSA) is 112 Å². The Bertz CT molecular complexity index is 1320. The Balaban J connectivity index is 1.50. The molecule has 0 bridgehead atoms. The van der Waals surface area contributed by atoms with E-state index < -0.39 is 27.9 Å². The molecule has 0 radical (unpaired) electrons. The summed E-state index contributed by atoms with van der Waals surface area (Å²) in [6.45, 7) is 3.21. The third-order valence-corrected chi connectivity index (χ3v) is 6.98. The van der Waals surface area contributed by atoms with E-state index in [9.17, 15) is 18.0 Å². The zero-order valence-corrected chi connectivity index (χ0v) is 18.5. The van der Waals surface area contributed by atoms with Gasteiger partial charge >= 0.3 is 0 Å². The first kappa shape index (κ1) is 21.9. The fraction of sp³-hybridized carbons (Fsp3) is 0.304. The van der Waals surface area contributed by atoms with Crippen LogP contribution in [0.1, 0.15) is 19.1 Å². The van der Waals surface area contributed by atoms with Crippen molar-refractivity contribution in [2.24, 2.45) is 0 Å². The second kappa shape index (κ2) is 8.66. The lowest BCUT2D eigenvalue weighted by atomic mass is 10.2. The molecule has 8 nitrogen and oxygen atoms in total. The molecule has 168 valence electrons. The van der Waals surface area contributed by atoms with Crippen LogP contribution in [0.25, 0.3) is 11.0 Å². The van der Waals surface area contributed by atoms with Crippen molar-refractivity contribution in [3.05, 3.63) is 64.5 Å². The molecule has 0 saturated carbocycles. The highest BCUT2D eigenvalue weighted by molar-refractivity contribution is 7.91. The number of ether oxygens (including phenoxy) is 2. The fourth-order valence-electron chi connectivity index (χ4n) is 3.55. The van der Waals surface area contributed by atoms with E-state index in [0.29, 0.717) is 34.6 Å². The summed E-state index contributed by atoms with van der Waals surface area (Å²) >= 11 is 0. The molecule has 1 amide bonds. The van der Waals surface area contributed by atoms with Crippen molar-refractivity contribution in [1.82, 2.24) is 5.32 Å². The fourth-order valence-corrected chi connectivity index (χ4v) is 5.22. The number of rotatable bonds is 6. The highest BCUT2D eigenvalue weighted by Gasteiger charge is 2.30. The molecule has 0 aliphatic carbocycles. The summed E-state index contributed by atoms with van der Waals surface area (Å²) in [6.07, 6.45) is -0.460. The summed E-state index contributed by atoms with van der Waals surface area (Å²) in [6, 6.07) is 13.2. The minimum Gasteiger partial charge on any atom is -0.481 e. The maximum atomic E-state index is 12.9. The van der Waals surface area contributed by atoms with E-state index in [4.69, 9.17) is 13.9 Å². The second-order valence-electron chi connectivity index (χ2n) is 7.76. The zero-order chi connectivity index (χ0) is 22.9. The van der Waals surface area contributed by atoms with Gasteiger partial charge in [-0.3, -0.25) is 9.59 Å². The monoisotopic (exact) mass is 457 g/mol. The first-order valence-electron chi connectivity index (χ1n) is 10.2. The lowest BCUT2D eigenvalue weighted by Crippen LogP contribution is -2.43. The number of carbonyl (C=O) groups is 1. The number of hydrogen-bond acceptors (Lipinski definition) is 7. The number of sulfone groups is 1. The van der Waals surface area contributed by atoms with Crippen LogP contribution in [0.2, 0.25) is 0 Å². The van der Waals surface area contributed by atoms with E-state index in [0.717, 1.165) is 0 Å². The third kappa shape index (κ3) is 4.77. The number of carbonyl (C=O) groups excluding carboxylic acids is 1. The minimum absolute atomic E-state index is 0.0563. The number of fused-ring (bicyclic) bond motifs is 1. The molecule has 2 atom stereocenters. The standard InChI is InChI=1S/C23H23NO7S/c1-14-22(31-17-6-4-3-5-7-17)21(25)19-9-8-18(12-20(19)30-14)29-15(2)23(26)24-16-10-11-32(27,28)13-16/h3-9,12,15-16H,10-11,13H2,1-2H3,(H,24,26)/t15-,16-/m0/s1. The number of hydrogen-bond donors (Lipinski definition) is 1. The van der Waals surface area contributed by atoms with Crippen LogP contribution in [0.4, 0.5) is 0 Å². The van der Waals surface area contributed by atoms with Gasteiger partial charge in [0.15, 0.2) is 15.9 Å². The Morgan fingerprint density at radius 2 is 1.91 bits per heavy atom. The van der Waals surface area contributed by atoms with Crippen LogP contribution in [0.3, 0.4) is 0 Å². The molecule has 32 heavy (non-hydrogen) atoms. The van der Waals surface area contributed by atoms with Crippen LogP contribution in [0.5, 0.6) is 17.2 Å². The van der Waals surface area contributed by atoms with Crippen molar-refractivity contribution < 1.29 is 27.1 Å². The van der Waals surface area contributed by atoms with Crippen LogP contribution in [0, 0.1) is 6.92 Å². The van der Waals surface area contributed by atoms with E-state index in [1.54, 1.807) is 56.3 Å². The number of nitrogens with one attached hydrogen (secondary N) is 1. The minimum atomic E-state index is -3.09. The van der Waals surface area contributed by atoms with Gasteiger partial charge in [-0.25, -0.2) is 8.42 Å². The summed E-state index contributed by atoms with van der Waals surface area (Å²) in [4.78, 5) is 25.3. The van der Waals surface area contributed by atoms with Gasteiger partial charge < -0.3 is 19.2 Å². The molecule has 4 rings (SSSR count). The molecule has 3 aromatic rings. The van der Waals surface area contributed by atoms with Gasteiger partial charge in [-0.2, -0.15) is 0 Å². The summed E-state index contributed by atoms with van der Waals surface area (Å²) in [5.74, 6) is 0.909. The predicted octanol–water partition coefficient (Wildman–Crippen LogP) is 2.96. The first-order valence-corrected chi connectivity index (χ1v) is 12.0. The average Bonchev–Trinajstić information content (AvgIpc) is 3.09. The Morgan fingerprint density at radius 1 is 1.16 bits per heavy atom.